The number of phenols is 1. The summed E-state index contributed by atoms with van der Waals surface area (Å²) in [5.41, 5.74) is 1.20. The van der Waals surface area contributed by atoms with Crippen LogP contribution in [0.25, 0.3) is 0 Å². The molecule has 0 radical (unpaired) electrons. The van der Waals surface area contributed by atoms with Crippen molar-refractivity contribution in [3.05, 3.63) is 65.7 Å². The number of nitrogens with zero attached hydrogens (tertiary/aromatic N) is 2. The predicted octanol–water partition coefficient (Wildman–Crippen LogP) is 2.82. The maximum absolute atomic E-state index is 8.79. The van der Waals surface area contributed by atoms with Gasteiger partial charge in [0, 0.05) is 0 Å². The average molecular weight is 222 g/mol. The lowest BCUT2D eigenvalue weighted by Crippen LogP contribution is -1.69. The first-order valence-corrected chi connectivity index (χ1v) is 4.90. The van der Waals surface area contributed by atoms with Crippen molar-refractivity contribution in [2.45, 2.75) is 0 Å². The third-order valence-corrected chi connectivity index (χ3v) is 1.88. The number of rotatable bonds is 0. The fourth-order valence-corrected chi connectivity index (χ4v) is 1.09. The lowest BCUT2D eigenvalue weighted by Gasteiger charge is -1.87. The first-order chi connectivity index (χ1) is 8.26. The van der Waals surface area contributed by atoms with Gasteiger partial charge in [-0.1, -0.05) is 24.3 Å². The highest BCUT2D eigenvalue weighted by molar-refractivity contribution is 5.35. The molecule has 0 amide bonds. The summed E-state index contributed by atoms with van der Waals surface area (Å²) in [5, 5.41) is 25.4. The number of hydrogen-bond acceptors (Lipinski definition) is 3. The molecule has 3 heteroatoms. The lowest BCUT2D eigenvalue weighted by atomic mass is 10.2. The second-order valence-electron chi connectivity index (χ2n) is 3.14. The highest BCUT2D eigenvalue weighted by Gasteiger charge is 1.88. The summed E-state index contributed by atoms with van der Waals surface area (Å²) >= 11 is 0. The molecule has 0 heterocycles. The van der Waals surface area contributed by atoms with Gasteiger partial charge in [0.05, 0.1) is 23.3 Å². The molecule has 2 aromatic carbocycles. The van der Waals surface area contributed by atoms with Gasteiger partial charge in [0.25, 0.3) is 0 Å². The number of phenolic OH excluding ortho intramolecular Hbond substituents is 1. The van der Waals surface area contributed by atoms with E-state index in [0.29, 0.717) is 11.1 Å². The van der Waals surface area contributed by atoms with Crippen LogP contribution < -0.4 is 0 Å². The van der Waals surface area contributed by atoms with Gasteiger partial charge in [0.1, 0.15) is 5.75 Å². The van der Waals surface area contributed by atoms with Crippen molar-refractivity contribution in [2.75, 3.05) is 0 Å². The highest BCUT2D eigenvalue weighted by atomic mass is 16.3. The molecule has 0 aromatic heterocycles. The molecule has 2 rings (SSSR count). The molecule has 0 aliphatic carbocycles. The summed E-state index contributed by atoms with van der Waals surface area (Å²) in [6.07, 6.45) is 0. The maximum Gasteiger partial charge on any atom is 0.116 e. The van der Waals surface area contributed by atoms with Crippen molar-refractivity contribution in [1.29, 1.82) is 10.5 Å². The molecule has 0 unspecified atom stereocenters. The molecule has 0 atom stereocenters. The van der Waals surface area contributed by atoms with Crippen molar-refractivity contribution in [3.8, 4) is 17.9 Å². The first-order valence-electron chi connectivity index (χ1n) is 4.90. The fourth-order valence-electron chi connectivity index (χ4n) is 1.09. The van der Waals surface area contributed by atoms with Crippen LogP contribution in [0.2, 0.25) is 0 Å². The van der Waals surface area contributed by atoms with Crippen LogP contribution >= 0.6 is 0 Å². The van der Waals surface area contributed by atoms with Gasteiger partial charge in [-0.2, -0.15) is 10.5 Å². The van der Waals surface area contributed by atoms with Crippen LogP contribution in [-0.4, -0.2) is 5.11 Å². The van der Waals surface area contributed by atoms with E-state index in [-0.39, 0.29) is 5.75 Å². The third kappa shape index (κ3) is 4.51. The van der Waals surface area contributed by atoms with Crippen molar-refractivity contribution < 1.29 is 5.11 Å². The van der Waals surface area contributed by atoms with Gasteiger partial charge in [-0.25, -0.2) is 0 Å². The van der Waals surface area contributed by atoms with E-state index in [2.05, 4.69) is 0 Å². The van der Waals surface area contributed by atoms with Crippen molar-refractivity contribution >= 4 is 0 Å². The quantitative estimate of drug-likeness (QED) is 0.745. The molecule has 0 saturated heterocycles. The van der Waals surface area contributed by atoms with Gasteiger partial charge in [-0.3, -0.25) is 0 Å². The Morgan fingerprint density at radius 3 is 1.76 bits per heavy atom. The normalized spacial score (nSPS) is 8.12. The number of nitriles is 2. The van der Waals surface area contributed by atoms with Gasteiger partial charge in [0.2, 0.25) is 0 Å². The molecule has 0 aliphatic heterocycles. The minimum atomic E-state index is 0.133. The second kappa shape index (κ2) is 6.66. The zero-order valence-corrected chi connectivity index (χ0v) is 9.04. The molecule has 82 valence electrons. The lowest BCUT2D eigenvalue weighted by molar-refractivity contribution is 0.475. The van der Waals surface area contributed by atoms with E-state index in [1.807, 2.05) is 30.3 Å². The van der Waals surface area contributed by atoms with E-state index in [1.54, 1.807) is 24.3 Å². The molecule has 0 spiro atoms. The number of benzene rings is 2. The Morgan fingerprint density at radius 1 is 0.765 bits per heavy atom. The summed E-state index contributed by atoms with van der Waals surface area (Å²) in [6.45, 7) is 0. The summed E-state index contributed by atoms with van der Waals surface area (Å²) in [4.78, 5) is 0. The van der Waals surface area contributed by atoms with Crippen molar-refractivity contribution in [3.63, 3.8) is 0 Å². The monoisotopic (exact) mass is 222 g/mol. The largest absolute Gasteiger partial charge is 0.508 e. The molecule has 17 heavy (non-hydrogen) atoms. The molecule has 0 bridgehead atoms. The zero-order valence-electron chi connectivity index (χ0n) is 9.04. The topological polar surface area (TPSA) is 67.8 Å². The van der Waals surface area contributed by atoms with Gasteiger partial charge < -0.3 is 5.11 Å². The van der Waals surface area contributed by atoms with E-state index >= 15 is 0 Å². The van der Waals surface area contributed by atoms with E-state index in [0.717, 1.165) is 0 Å². The predicted molar refractivity (Wildman–Crippen MR) is 64.0 cm³/mol. The minimum absolute atomic E-state index is 0.133. The molecular formula is C14H10N2O. The maximum atomic E-state index is 8.79. The van der Waals surface area contributed by atoms with E-state index in [9.17, 15) is 0 Å². The highest BCUT2D eigenvalue weighted by Crippen LogP contribution is 2.08. The molecular weight excluding hydrogens is 212 g/mol. The number of aromatic hydroxyl groups is 1. The Labute approximate surface area is 99.8 Å². The minimum Gasteiger partial charge on any atom is -0.508 e. The molecule has 3 nitrogen and oxygen atoms in total. The van der Waals surface area contributed by atoms with Crippen LogP contribution in [-0.2, 0) is 0 Å². The SMILES string of the molecule is N#Cc1cccc(O)c1.N#Cc1ccccc1. The van der Waals surface area contributed by atoms with Crippen molar-refractivity contribution in [2.24, 2.45) is 0 Å². The van der Waals surface area contributed by atoms with Gasteiger partial charge in [-0.15, -0.1) is 0 Å². The zero-order chi connectivity index (χ0) is 12.5. The van der Waals surface area contributed by atoms with Crippen LogP contribution in [0.1, 0.15) is 11.1 Å². The Hall–Kier alpha value is -2.78. The standard InChI is InChI=1S/C7H5NO.C7H5N/c8-5-6-2-1-3-7(9)4-6;8-6-7-4-2-1-3-5-7/h1-4,9H;1-5H. The Morgan fingerprint density at radius 2 is 1.35 bits per heavy atom. The number of hydrogen-bond donors (Lipinski definition) is 1. The van der Waals surface area contributed by atoms with E-state index < -0.39 is 0 Å². The molecule has 0 fully saturated rings. The van der Waals surface area contributed by atoms with Crippen molar-refractivity contribution in [1.82, 2.24) is 0 Å². The summed E-state index contributed by atoms with van der Waals surface area (Å²) in [7, 11) is 0. The Kier molecular flexibility index (Phi) is 4.81. The third-order valence-electron chi connectivity index (χ3n) is 1.88. The van der Waals surface area contributed by atoms with Crippen LogP contribution in [0.3, 0.4) is 0 Å². The fraction of sp³-hybridized carbons (Fsp3) is 0. The summed E-state index contributed by atoms with van der Waals surface area (Å²) in [6, 6.07) is 19.3. The van der Waals surface area contributed by atoms with Gasteiger partial charge in [0.15, 0.2) is 0 Å². The second-order valence-corrected chi connectivity index (χ2v) is 3.14. The van der Waals surface area contributed by atoms with Crippen LogP contribution in [0.5, 0.6) is 5.75 Å². The Bertz CT molecular complexity index is 550. The van der Waals surface area contributed by atoms with Crippen LogP contribution in [0, 0.1) is 22.7 Å². The average Bonchev–Trinajstić information content (AvgIpc) is 2.40. The van der Waals surface area contributed by atoms with Crippen LogP contribution in [0.4, 0.5) is 0 Å². The summed E-state index contributed by atoms with van der Waals surface area (Å²) < 4.78 is 0. The molecule has 0 aliphatic rings. The Balaban J connectivity index is 0.000000171. The van der Waals surface area contributed by atoms with E-state index in [1.165, 1.54) is 12.1 Å². The first kappa shape index (κ1) is 12.3. The molecule has 2 aromatic rings. The summed E-state index contributed by atoms with van der Waals surface area (Å²) in [5.74, 6) is 0.133. The van der Waals surface area contributed by atoms with E-state index in [4.69, 9.17) is 15.6 Å². The van der Waals surface area contributed by atoms with Gasteiger partial charge >= 0.3 is 0 Å². The van der Waals surface area contributed by atoms with Crippen LogP contribution in [0.15, 0.2) is 54.6 Å². The molecule has 1 N–H and O–H groups in total. The van der Waals surface area contributed by atoms with Gasteiger partial charge in [-0.05, 0) is 30.3 Å². The smallest absolute Gasteiger partial charge is 0.116 e. The molecule has 0 saturated carbocycles.